The number of ether oxygens (including phenoxy) is 2. The van der Waals surface area contributed by atoms with Gasteiger partial charge in [-0.05, 0) is 38.1 Å². The minimum atomic E-state index is -3.65. The lowest BCUT2D eigenvalue weighted by atomic mass is 10.4. The Morgan fingerprint density at radius 1 is 1.37 bits per heavy atom. The second-order valence-electron chi connectivity index (χ2n) is 4.76. The summed E-state index contributed by atoms with van der Waals surface area (Å²) in [5.41, 5.74) is 0. The molecule has 2 rings (SSSR count). The molecule has 1 atom stereocenters. The first-order valence-electron chi connectivity index (χ1n) is 5.85. The maximum absolute atomic E-state index is 12.7. The molecule has 106 valence electrons. The highest BCUT2D eigenvalue weighted by atomic mass is 32.2. The van der Waals surface area contributed by atoms with Gasteiger partial charge in [-0.2, -0.15) is 0 Å². The minimum Gasteiger partial charge on any atom is -0.348 e. The van der Waals surface area contributed by atoms with Crippen molar-refractivity contribution in [1.29, 1.82) is 0 Å². The van der Waals surface area contributed by atoms with E-state index in [1.54, 1.807) is 13.8 Å². The largest absolute Gasteiger partial charge is 0.348 e. The van der Waals surface area contributed by atoms with Crippen LogP contribution in [0.3, 0.4) is 0 Å². The first-order chi connectivity index (χ1) is 8.78. The summed E-state index contributed by atoms with van der Waals surface area (Å²) in [6, 6.07) is 4.64. The molecular formula is C12H16FNO4S. The highest BCUT2D eigenvalue weighted by molar-refractivity contribution is 7.89. The predicted molar refractivity (Wildman–Crippen MR) is 66.5 cm³/mol. The zero-order chi connectivity index (χ0) is 14.1. The van der Waals surface area contributed by atoms with Gasteiger partial charge >= 0.3 is 0 Å². The average molecular weight is 289 g/mol. The molecule has 0 radical (unpaired) electrons. The molecule has 1 fully saturated rings. The Kier molecular flexibility index (Phi) is 3.91. The van der Waals surface area contributed by atoms with Gasteiger partial charge in [0, 0.05) is 6.54 Å². The smallest absolute Gasteiger partial charge is 0.240 e. The van der Waals surface area contributed by atoms with Crippen molar-refractivity contribution in [2.75, 3.05) is 13.2 Å². The Balaban J connectivity index is 1.97. The molecule has 5 nitrogen and oxygen atoms in total. The van der Waals surface area contributed by atoms with Crippen LogP contribution in [0.4, 0.5) is 4.39 Å². The third kappa shape index (κ3) is 3.73. The summed E-state index contributed by atoms with van der Waals surface area (Å²) >= 11 is 0. The standard InChI is InChI=1S/C12H16FNO4S/c1-12(2)17-8-10(18-12)7-14-19(15,16)11-5-3-9(13)4-6-11/h3-6,10,14H,7-8H2,1-2H3. The molecule has 1 aromatic rings. The zero-order valence-corrected chi connectivity index (χ0v) is 11.5. The minimum absolute atomic E-state index is 0.0204. The summed E-state index contributed by atoms with van der Waals surface area (Å²) in [6.07, 6.45) is -0.328. The van der Waals surface area contributed by atoms with Gasteiger partial charge in [0.15, 0.2) is 5.79 Å². The number of nitrogens with one attached hydrogen (secondary N) is 1. The summed E-state index contributed by atoms with van der Waals surface area (Å²) in [5, 5.41) is 0. The van der Waals surface area contributed by atoms with Crippen LogP contribution in [0.5, 0.6) is 0 Å². The Labute approximate surface area is 111 Å². The average Bonchev–Trinajstić information content (AvgIpc) is 2.67. The van der Waals surface area contributed by atoms with Crippen molar-refractivity contribution in [1.82, 2.24) is 4.72 Å². The quantitative estimate of drug-likeness (QED) is 0.906. The van der Waals surface area contributed by atoms with Crippen LogP contribution >= 0.6 is 0 Å². The Hall–Kier alpha value is -1.02. The van der Waals surface area contributed by atoms with Gasteiger partial charge in [-0.25, -0.2) is 17.5 Å². The van der Waals surface area contributed by atoms with E-state index in [2.05, 4.69) is 4.72 Å². The van der Waals surface area contributed by atoms with E-state index in [0.717, 1.165) is 12.1 Å². The highest BCUT2D eigenvalue weighted by Gasteiger charge is 2.33. The van der Waals surface area contributed by atoms with Crippen LogP contribution < -0.4 is 4.72 Å². The van der Waals surface area contributed by atoms with Gasteiger partial charge in [-0.15, -0.1) is 0 Å². The summed E-state index contributed by atoms with van der Waals surface area (Å²) in [6.45, 7) is 3.98. The lowest BCUT2D eigenvalue weighted by Crippen LogP contribution is -2.34. The zero-order valence-electron chi connectivity index (χ0n) is 10.7. The number of rotatable bonds is 4. The van der Waals surface area contributed by atoms with Gasteiger partial charge in [0.2, 0.25) is 10.0 Å². The van der Waals surface area contributed by atoms with Crippen LogP contribution in [0.25, 0.3) is 0 Å². The number of sulfonamides is 1. The van der Waals surface area contributed by atoms with E-state index in [1.807, 2.05) is 0 Å². The van der Waals surface area contributed by atoms with Gasteiger partial charge in [-0.3, -0.25) is 0 Å². The van der Waals surface area contributed by atoms with E-state index < -0.39 is 21.6 Å². The molecule has 0 aliphatic carbocycles. The fraction of sp³-hybridized carbons (Fsp3) is 0.500. The number of hydrogen-bond acceptors (Lipinski definition) is 4. The van der Waals surface area contributed by atoms with Crippen molar-refractivity contribution in [2.45, 2.75) is 30.6 Å². The van der Waals surface area contributed by atoms with Gasteiger partial charge < -0.3 is 9.47 Å². The highest BCUT2D eigenvalue weighted by Crippen LogP contribution is 2.22. The summed E-state index contributed by atoms with van der Waals surface area (Å²) in [4.78, 5) is 0.0204. The number of benzene rings is 1. The Morgan fingerprint density at radius 2 is 2.00 bits per heavy atom. The lowest BCUT2D eigenvalue weighted by molar-refractivity contribution is -0.137. The summed E-state index contributed by atoms with van der Waals surface area (Å²) < 4.78 is 49.8. The molecule has 1 unspecified atom stereocenters. The number of halogens is 1. The van der Waals surface area contributed by atoms with Gasteiger partial charge in [0.1, 0.15) is 5.82 Å². The predicted octanol–water partition coefficient (Wildman–Crippen LogP) is 1.26. The van der Waals surface area contributed by atoms with Crippen LogP contribution in [0.15, 0.2) is 29.2 Å². The van der Waals surface area contributed by atoms with Crippen LogP contribution in [0.2, 0.25) is 0 Å². The monoisotopic (exact) mass is 289 g/mol. The topological polar surface area (TPSA) is 64.6 Å². The molecule has 0 saturated carbocycles. The molecule has 1 N–H and O–H groups in total. The molecule has 1 aliphatic heterocycles. The lowest BCUT2D eigenvalue weighted by Gasteiger charge is -2.17. The first kappa shape index (κ1) is 14.4. The van der Waals surface area contributed by atoms with Crippen molar-refractivity contribution in [3.05, 3.63) is 30.1 Å². The molecule has 0 aromatic heterocycles. The molecule has 0 spiro atoms. The normalized spacial score (nSPS) is 22.6. The van der Waals surface area contributed by atoms with Crippen LogP contribution in [-0.2, 0) is 19.5 Å². The van der Waals surface area contributed by atoms with E-state index in [-0.39, 0.29) is 17.5 Å². The fourth-order valence-corrected chi connectivity index (χ4v) is 2.83. The summed E-state index contributed by atoms with van der Waals surface area (Å²) in [7, 11) is -3.65. The van der Waals surface area contributed by atoms with E-state index in [9.17, 15) is 12.8 Å². The van der Waals surface area contributed by atoms with Crippen LogP contribution in [0, 0.1) is 5.82 Å². The van der Waals surface area contributed by atoms with E-state index in [4.69, 9.17) is 9.47 Å². The molecule has 1 saturated heterocycles. The molecule has 1 aliphatic rings. The van der Waals surface area contributed by atoms with Crippen LogP contribution in [0.1, 0.15) is 13.8 Å². The molecule has 0 bridgehead atoms. The van der Waals surface area contributed by atoms with Crippen molar-refractivity contribution >= 4 is 10.0 Å². The SMILES string of the molecule is CC1(C)OCC(CNS(=O)(=O)c2ccc(F)cc2)O1. The van der Waals surface area contributed by atoms with Crippen molar-refractivity contribution in [2.24, 2.45) is 0 Å². The third-order valence-electron chi connectivity index (χ3n) is 2.69. The van der Waals surface area contributed by atoms with E-state index in [0.29, 0.717) is 6.61 Å². The second kappa shape index (κ2) is 5.16. The number of hydrogen-bond donors (Lipinski definition) is 1. The fourth-order valence-electron chi connectivity index (χ4n) is 1.76. The molecule has 1 heterocycles. The van der Waals surface area contributed by atoms with E-state index in [1.165, 1.54) is 12.1 Å². The van der Waals surface area contributed by atoms with E-state index >= 15 is 0 Å². The maximum Gasteiger partial charge on any atom is 0.240 e. The first-order valence-corrected chi connectivity index (χ1v) is 7.34. The van der Waals surface area contributed by atoms with Gasteiger partial charge in [0.25, 0.3) is 0 Å². The van der Waals surface area contributed by atoms with Gasteiger partial charge in [0.05, 0.1) is 17.6 Å². The molecule has 7 heteroatoms. The summed E-state index contributed by atoms with van der Waals surface area (Å²) in [5.74, 6) is -1.17. The third-order valence-corrected chi connectivity index (χ3v) is 4.13. The Bertz CT molecular complexity index is 541. The molecule has 1 aromatic carbocycles. The second-order valence-corrected chi connectivity index (χ2v) is 6.52. The van der Waals surface area contributed by atoms with Crippen molar-refractivity contribution < 1.29 is 22.3 Å². The van der Waals surface area contributed by atoms with Gasteiger partial charge in [-0.1, -0.05) is 0 Å². The molecule has 19 heavy (non-hydrogen) atoms. The Morgan fingerprint density at radius 3 is 2.53 bits per heavy atom. The van der Waals surface area contributed by atoms with Crippen molar-refractivity contribution in [3.63, 3.8) is 0 Å². The van der Waals surface area contributed by atoms with Crippen LogP contribution in [-0.4, -0.2) is 33.5 Å². The molecular weight excluding hydrogens is 273 g/mol. The van der Waals surface area contributed by atoms with Crippen molar-refractivity contribution in [3.8, 4) is 0 Å². The molecule has 0 amide bonds. The maximum atomic E-state index is 12.7.